The van der Waals surface area contributed by atoms with Crippen molar-refractivity contribution in [1.29, 1.82) is 0 Å². The van der Waals surface area contributed by atoms with Crippen LogP contribution in [-0.4, -0.2) is 61.8 Å². The molecule has 0 spiro atoms. The predicted octanol–water partition coefficient (Wildman–Crippen LogP) is 1.68. The number of aliphatic imine (C=N–C) groups is 1. The molecule has 2 N–H and O–H groups in total. The van der Waals surface area contributed by atoms with Gasteiger partial charge in [-0.05, 0) is 33.6 Å². The Labute approximate surface area is 151 Å². The van der Waals surface area contributed by atoms with E-state index >= 15 is 0 Å². The van der Waals surface area contributed by atoms with Gasteiger partial charge in [0.05, 0.1) is 12.2 Å². The van der Waals surface area contributed by atoms with E-state index in [1.807, 2.05) is 7.05 Å². The zero-order chi connectivity index (χ0) is 15.0. The summed E-state index contributed by atoms with van der Waals surface area (Å²) in [7, 11) is 1.89. The largest absolute Gasteiger partial charge is 0.374 e. The standard InChI is InChI=1S/C16H30N4O.HI/c1-16(2,3)19-8-7-18-15(17-4)20-9-11-12(10-20)14-6-5-13(11)21-14;/h11-14,19H,5-10H2,1-4H3,(H,17,18);1H. The Morgan fingerprint density at radius 2 is 1.73 bits per heavy atom. The highest BCUT2D eigenvalue weighted by Crippen LogP contribution is 2.47. The summed E-state index contributed by atoms with van der Waals surface area (Å²) < 4.78 is 6.04. The summed E-state index contributed by atoms with van der Waals surface area (Å²) in [6, 6.07) is 0. The summed E-state index contributed by atoms with van der Waals surface area (Å²) in [5.74, 6) is 2.52. The van der Waals surface area contributed by atoms with Gasteiger partial charge in [0, 0.05) is 50.6 Å². The number of halogens is 1. The number of nitrogens with zero attached hydrogens (tertiary/aromatic N) is 2. The minimum absolute atomic E-state index is 0. The Kier molecular flexibility index (Phi) is 5.99. The molecular formula is C16H31IN4O. The summed E-state index contributed by atoms with van der Waals surface area (Å²) in [5.41, 5.74) is 0.173. The van der Waals surface area contributed by atoms with Crippen molar-refractivity contribution in [3.8, 4) is 0 Å². The van der Waals surface area contributed by atoms with Crippen molar-refractivity contribution in [2.75, 3.05) is 33.2 Å². The Hall–Kier alpha value is -0.0800. The third kappa shape index (κ3) is 3.87. The lowest BCUT2D eigenvalue weighted by Crippen LogP contribution is -2.46. The second-order valence-electron chi connectivity index (χ2n) is 7.67. The Balaban J connectivity index is 0.00000176. The van der Waals surface area contributed by atoms with Crippen molar-refractivity contribution < 1.29 is 4.74 Å². The van der Waals surface area contributed by atoms with E-state index in [2.05, 4.69) is 41.3 Å². The first-order valence-corrected chi connectivity index (χ1v) is 8.34. The topological polar surface area (TPSA) is 48.9 Å². The summed E-state index contributed by atoms with van der Waals surface area (Å²) in [6.07, 6.45) is 3.57. The second kappa shape index (κ2) is 7.21. The molecule has 3 aliphatic rings. The van der Waals surface area contributed by atoms with Crippen LogP contribution in [0, 0.1) is 11.8 Å². The quantitative estimate of drug-likeness (QED) is 0.315. The van der Waals surface area contributed by atoms with Gasteiger partial charge in [-0.25, -0.2) is 0 Å². The molecule has 0 radical (unpaired) electrons. The first kappa shape index (κ1) is 18.3. The second-order valence-corrected chi connectivity index (χ2v) is 7.67. The molecule has 3 heterocycles. The van der Waals surface area contributed by atoms with E-state index in [1.165, 1.54) is 12.8 Å². The van der Waals surface area contributed by atoms with Crippen LogP contribution < -0.4 is 10.6 Å². The smallest absolute Gasteiger partial charge is 0.193 e. The Morgan fingerprint density at radius 1 is 1.14 bits per heavy atom. The van der Waals surface area contributed by atoms with E-state index in [0.717, 1.165) is 44.0 Å². The third-order valence-corrected chi connectivity index (χ3v) is 5.03. The normalized spacial score (nSPS) is 33.8. The lowest BCUT2D eigenvalue weighted by atomic mass is 9.82. The van der Waals surface area contributed by atoms with Crippen molar-refractivity contribution in [2.45, 2.75) is 51.4 Å². The van der Waals surface area contributed by atoms with Gasteiger partial charge < -0.3 is 20.3 Å². The van der Waals surface area contributed by atoms with Crippen molar-refractivity contribution in [3.63, 3.8) is 0 Å². The lowest BCUT2D eigenvalue weighted by molar-refractivity contribution is 0.0767. The van der Waals surface area contributed by atoms with E-state index in [9.17, 15) is 0 Å². The Bertz CT molecular complexity index is 391. The van der Waals surface area contributed by atoms with Crippen molar-refractivity contribution in [1.82, 2.24) is 15.5 Å². The average molecular weight is 422 g/mol. The highest BCUT2D eigenvalue weighted by molar-refractivity contribution is 14.0. The summed E-state index contributed by atoms with van der Waals surface area (Å²) in [6.45, 7) is 10.7. The van der Waals surface area contributed by atoms with Gasteiger partial charge in [0.25, 0.3) is 0 Å². The van der Waals surface area contributed by atoms with E-state index < -0.39 is 0 Å². The molecule has 4 atom stereocenters. The zero-order valence-corrected chi connectivity index (χ0v) is 16.6. The van der Waals surface area contributed by atoms with Crippen LogP contribution in [0.1, 0.15) is 33.6 Å². The fourth-order valence-corrected chi connectivity index (χ4v) is 4.08. The maximum absolute atomic E-state index is 6.04. The van der Waals surface area contributed by atoms with Crippen LogP contribution in [0.4, 0.5) is 0 Å². The lowest BCUT2D eigenvalue weighted by Gasteiger charge is -2.25. The monoisotopic (exact) mass is 422 g/mol. The first-order valence-electron chi connectivity index (χ1n) is 8.34. The van der Waals surface area contributed by atoms with Crippen LogP contribution in [0.2, 0.25) is 0 Å². The average Bonchev–Trinajstić information content (AvgIpc) is 3.09. The molecule has 0 saturated carbocycles. The number of guanidine groups is 1. The van der Waals surface area contributed by atoms with Gasteiger partial charge in [-0.3, -0.25) is 4.99 Å². The number of likely N-dealkylation sites (tertiary alicyclic amines) is 1. The minimum Gasteiger partial charge on any atom is -0.374 e. The molecule has 0 aromatic rings. The van der Waals surface area contributed by atoms with Gasteiger partial charge in [0.2, 0.25) is 0 Å². The van der Waals surface area contributed by atoms with Gasteiger partial charge in [-0.2, -0.15) is 0 Å². The number of nitrogens with one attached hydrogen (secondary N) is 2. The van der Waals surface area contributed by atoms with Crippen LogP contribution in [0.5, 0.6) is 0 Å². The molecule has 0 aromatic heterocycles. The molecule has 0 amide bonds. The van der Waals surface area contributed by atoms with Crippen molar-refractivity contribution in [3.05, 3.63) is 0 Å². The molecule has 4 unspecified atom stereocenters. The predicted molar refractivity (Wildman–Crippen MR) is 101 cm³/mol. The summed E-state index contributed by atoms with van der Waals surface area (Å²) >= 11 is 0. The highest BCUT2D eigenvalue weighted by Gasteiger charge is 2.53. The fraction of sp³-hybridized carbons (Fsp3) is 0.938. The molecule has 6 heteroatoms. The summed E-state index contributed by atoms with van der Waals surface area (Å²) in [4.78, 5) is 6.90. The van der Waals surface area contributed by atoms with Crippen molar-refractivity contribution in [2.24, 2.45) is 16.8 Å². The van der Waals surface area contributed by atoms with Gasteiger partial charge in [-0.15, -0.1) is 24.0 Å². The third-order valence-electron chi connectivity index (χ3n) is 5.03. The van der Waals surface area contributed by atoms with Gasteiger partial charge in [-0.1, -0.05) is 0 Å². The zero-order valence-electron chi connectivity index (χ0n) is 14.3. The maximum Gasteiger partial charge on any atom is 0.193 e. The van der Waals surface area contributed by atoms with E-state index in [-0.39, 0.29) is 29.5 Å². The molecule has 2 bridgehead atoms. The molecule has 3 aliphatic heterocycles. The maximum atomic E-state index is 6.04. The van der Waals surface area contributed by atoms with E-state index in [0.29, 0.717) is 12.2 Å². The highest BCUT2D eigenvalue weighted by atomic mass is 127. The fourth-order valence-electron chi connectivity index (χ4n) is 4.08. The molecular weight excluding hydrogens is 391 g/mol. The molecule has 128 valence electrons. The molecule has 5 nitrogen and oxygen atoms in total. The molecule has 3 fully saturated rings. The number of ether oxygens (including phenoxy) is 1. The minimum atomic E-state index is 0. The SMILES string of the molecule is CN=C(NCCNC(C)(C)C)N1CC2C3CCC(O3)C2C1.I. The van der Waals surface area contributed by atoms with Crippen LogP contribution in [0.3, 0.4) is 0 Å². The van der Waals surface area contributed by atoms with Crippen LogP contribution in [0.25, 0.3) is 0 Å². The Morgan fingerprint density at radius 3 is 2.23 bits per heavy atom. The number of hydrogen-bond donors (Lipinski definition) is 2. The van der Waals surface area contributed by atoms with E-state index in [1.54, 1.807) is 0 Å². The van der Waals surface area contributed by atoms with Gasteiger partial charge >= 0.3 is 0 Å². The van der Waals surface area contributed by atoms with Crippen LogP contribution in [-0.2, 0) is 4.74 Å². The molecule has 3 rings (SSSR count). The van der Waals surface area contributed by atoms with Crippen molar-refractivity contribution >= 4 is 29.9 Å². The van der Waals surface area contributed by atoms with Gasteiger partial charge in [0.15, 0.2) is 5.96 Å². The number of hydrogen-bond acceptors (Lipinski definition) is 3. The van der Waals surface area contributed by atoms with Gasteiger partial charge in [0.1, 0.15) is 0 Å². The molecule has 0 aliphatic carbocycles. The van der Waals surface area contributed by atoms with Crippen LogP contribution >= 0.6 is 24.0 Å². The number of rotatable bonds is 3. The van der Waals surface area contributed by atoms with Crippen LogP contribution in [0.15, 0.2) is 4.99 Å². The molecule has 22 heavy (non-hydrogen) atoms. The summed E-state index contributed by atoms with van der Waals surface area (Å²) in [5, 5.41) is 7.00. The molecule has 3 saturated heterocycles. The van der Waals surface area contributed by atoms with E-state index in [4.69, 9.17) is 4.74 Å². The first-order chi connectivity index (χ1) is 9.98. The molecule has 0 aromatic carbocycles. The number of fused-ring (bicyclic) bond motifs is 5.